The Morgan fingerprint density at radius 3 is 2.50 bits per heavy atom. The number of amides is 2. The first-order valence-corrected chi connectivity index (χ1v) is 5.23. The molecule has 0 unspecified atom stereocenters. The van der Waals surface area contributed by atoms with Gasteiger partial charge in [0, 0.05) is 45.8 Å². The van der Waals surface area contributed by atoms with Crippen molar-refractivity contribution in [2.75, 3.05) is 45.8 Å². The van der Waals surface area contributed by atoms with Crippen LogP contribution in [0.1, 0.15) is 6.92 Å². The maximum atomic E-state index is 11.4. The van der Waals surface area contributed by atoms with Crippen LogP contribution in [0.15, 0.2) is 0 Å². The van der Waals surface area contributed by atoms with Gasteiger partial charge in [0.05, 0.1) is 0 Å². The van der Waals surface area contributed by atoms with Crippen LogP contribution in [0.2, 0.25) is 0 Å². The number of hydrogen-bond acceptors (Lipinski definition) is 3. The summed E-state index contributed by atoms with van der Waals surface area (Å²) in [5.41, 5.74) is 5.47. The van der Waals surface area contributed by atoms with Crippen LogP contribution in [0.3, 0.4) is 0 Å². The summed E-state index contributed by atoms with van der Waals surface area (Å²) in [6.45, 7) is 7.76. The van der Waals surface area contributed by atoms with Crippen LogP contribution < -0.4 is 11.1 Å². The van der Waals surface area contributed by atoms with E-state index >= 15 is 0 Å². The molecule has 0 aromatic heterocycles. The molecule has 5 nitrogen and oxygen atoms in total. The van der Waals surface area contributed by atoms with Crippen molar-refractivity contribution in [2.45, 2.75) is 6.92 Å². The molecule has 14 heavy (non-hydrogen) atoms. The number of hydrogen-bond donors (Lipinski definition) is 2. The number of nitrogens with two attached hydrogens (primary N) is 1. The van der Waals surface area contributed by atoms with Gasteiger partial charge in [-0.15, -0.1) is 0 Å². The van der Waals surface area contributed by atoms with Crippen molar-refractivity contribution in [3.8, 4) is 0 Å². The second-order valence-electron chi connectivity index (χ2n) is 3.45. The molecular formula is C9H20N4O. The Kier molecular flexibility index (Phi) is 4.69. The molecule has 1 aliphatic heterocycles. The van der Waals surface area contributed by atoms with E-state index in [4.69, 9.17) is 5.73 Å². The first-order chi connectivity index (χ1) is 6.77. The SMILES string of the molecule is CCNC(=O)N1CCN(CCN)CC1. The standard InChI is InChI=1S/C9H20N4O/c1-2-11-9(14)13-7-5-12(4-3-10)6-8-13/h2-8,10H2,1H3,(H,11,14). The zero-order chi connectivity index (χ0) is 10.4. The number of carbonyl (C=O) groups excluding carboxylic acids is 1. The predicted octanol–water partition coefficient (Wildman–Crippen LogP) is -0.708. The van der Waals surface area contributed by atoms with Crippen LogP contribution in [-0.4, -0.2) is 61.6 Å². The molecule has 2 amide bonds. The molecule has 3 N–H and O–H groups in total. The van der Waals surface area contributed by atoms with Crippen LogP contribution in [0.25, 0.3) is 0 Å². The smallest absolute Gasteiger partial charge is 0.317 e. The molecule has 0 radical (unpaired) electrons. The third kappa shape index (κ3) is 3.16. The quantitative estimate of drug-likeness (QED) is 0.633. The van der Waals surface area contributed by atoms with Gasteiger partial charge in [-0.2, -0.15) is 0 Å². The summed E-state index contributed by atoms with van der Waals surface area (Å²) in [5, 5.41) is 2.81. The van der Waals surface area contributed by atoms with Gasteiger partial charge in [0.1, 0.15) is 0 Å². The van der Waals surface area contributed by atoms with E-state index in [2.05, 4.69) is 10.2 Å². The van der Waals surface area contributed by atoms with E-state index in [0.717, 1.165) is 32.7 Å². The third-order valence-electron chi connectivity index (χ3n) is 2.43. The van der Waals surface area contributed by atoms with Crippen molar-refractivity contribution in [3.63, 3.8) is 0 Å². The number of urea groups is 1. The second-order valence-corrected chi connectivity index (χ2v) is 3.45. The summed E-state index contributed by atoms with van der Waals surface area (Å²) >= 11 is 0. The lowest BCUT2D eigenvalue weighted by Crippen LogP contribution is -2.52. The fourth-order valence-electron chi connectivity index (χ4n) is 1.62. The molecule has 1 heterocycles. The average Bonchev–Trinajstić information content (AvgIpc) is 2.20. The molecule has 0 saturated carbocycles. The summed E-state index contributed by atoms with van der Waals surface area (Å²) in [5.74, 6) is 0. The lowest BCUT2D eigenvalue weighted by Gasteiger charge is -2.34. The zero-order valence-corrected chi connectivity index (χ0v) is 8.83. The summed E-state index contributed by atoms with van der Waals surface area (Å²) in [6.07, 6.45) is 0. The fraction of sp³-hybridized carbons (Fsp3) is 0.889. The summed E-state index contributed by atoms with van der Waals surface area (Å²) in [6, 6.07) is 0.0555. The van der Waals surface area contributed by atoms with Gasteiger partial charge < -0.3 is 16.0 Å². The van der Waals surface area contributed by atoms with Crippen LogP contribution in [0.4, 0.5) is 4.79 Å². The minimum Gasteiger partial charge on any atom is -0.338 e. The highest BCUT2D eigenvalue weighted by Crippen LogP contribution is 2.00. The molecule has 0 spiro atoms. The van der Waals surface area contributed by atoms with E-state index in [0.29, 0.717) is 13.1 Å². The molecule has 0 bridgehead atoms. The predicted molar refractivity (Wildman–Crippen MR) is 56.1 cm³/mol. The van der Waals surface area contributed by atoms with Crippen molar-refractivity contribution < 1.29 is 4.79 Å². The molecule has 1 fully saturated rings. The van der Waals surface area contributed by atoms with Gasteiger partial charge >= 0.3 is 6.03 Å². The van der Waals surface area contributed by atoms with Gasteiger partial charge in [0.15, 0.2) is 0 Å². The number of piperazine rings is 1. The van der Waals surface area contributed by atoms with Crippen molar-refractivity contribution in [1.29, 1.82) is 0 Å². The monoisotopic (exact) mass is 200 g/mol. The Balaban J connectivity index is 2.24. The van der Waals surface area contributed by atoms with Crippen LogP contribution >= 0.6 is 0 Å². The Morgan fingerprint density at radius 2 is 2.00 bits per heavy atom. The van der Waals surface area contributed by atoms with Gasteiger partial charge in [-0.25, -0.2) is 4.79 Å². The second kappa shape index (κ2) is 5.82. The minimum atomic E-state index is 0.0555. The Morgan fingerprint density at radius 1 is 1.36 bits per heavy atom. The highest BCUT2D eigenvalue weighted by molar-refractivity contribution is 5.74. The molecule has 1 rings (SSSR count). The molecule has 82 valence electrons. The topological polar surface area (TPSA) is 61.6 Å². The third-order valence-corrected chi connectivity index (χ3v) is 2.43. The van der Waals surface area contributed by atoms with Crippen molar-refractivity contribution in [2.24, 2.45) is 5.73 Å². The maximum Gasteiger partial charge on any atom is 0.317 e. The van der Waals surface area contributed by atoms with E-state index in [1.165, 1.54) is 0 Å². The van der Waals surface area contributed by atoms with Gasteiger partial charge in [-0.3, -0.25) is 4.90 Å². The summed E-state index contributed by atoms with van der Waals surface area (Å²) in [4.78, 5) is 15.6. The van der Waals surface area contributed by atoms with E-state index < -0.39 is 0 Å². The molecule has 5 heteroatoms. The number of carbonyl (C=O) groups is 1. The fourth-order valence-corrected chi connectivity index (χ4v) is 1.62. The van der Waals surface area contributed by atoms with Crippen molar-refractivity contribution >= 4 is 6.03 Å². The molecular weight excluding hydrogens is 180 g/mol. The highest BCUT2D eigenvalue weighted by atomic mass is 16.2. The lowest BCUT2D eigenvalue weighted by atomic mass is 10.3. The van der Waals surface area contributed by atoms with Gasteiger partial charge in [0.2, 0.25) is 0 Å². The first kappa shape index (κ1) is 11.3. The van der Waals surface area contributed by atoms with E-state index in [9.17, 15) is 4.79 Å². The normalized spacial score (nSPS) is 18.3. The lowest BCUT2D eigenvalue weighted by molar-refractivity contribution is 0.142. The largest absolute Gasteiger partial charge is 0.338 e. The first-order valence-electron chi connectivity index (χ1n) is 5.23. The molecule has 0 atom stereocenters. The molecule has 0 aromatic rings. The van der Waals surface area contributed by atoms with E-state index in [-0.39, 0.29) is 6.03 Å². The molecule has 0 aliphatic carbocycles. The molecule has 0 aromatic carbocycles. The van der Waals surface area contributed by atoms with Crippen LogP contribution in [0, 0.1) is 0 Å². The van der Waals surface area contributed by atoms with Crippen LogP contribution in [0.5, 0.6) is 0 Å². The average molecular weight is 200 g/mol. The summed E-state index contributed by atoms with van der Waals surface area (Å²) in [7, 11) is 0. The van der Waals surface area contributed by atoms with Crippen molar-refractivity contribution in [1.82, 2.24) is 15.1 Å². The molecule has 1 aliphatic rings. The molecule has 1 saturated heterocycles. The number of rotatable bonds is 3. The number of nitrogens with one attached hydrogen (secondary N) is 1. The van der Waals surface area contributed by atoms with Gasteiger partial charge in [-0.1, -0.05) is 0 Å². The Labute approximate surface area is 85.2 Å². The van der Waals surface area contributed by atoms with Crippen LogP contribution in [-0.2, 0) is 0 Å². The van der Waals surface area contributed by atoms with Crippen molar-refractivity contribution in [3.05, 3.63) is 0 Å². The Hall–Kier alpha value is -0.810. The van der Waals surface area contributed by atoms with Gasteiger partial charge in [-0.05, 0) is 6.92 Å². The minimum absolute atomic E-state index is 0.0555. The van der Waals surface area contributed by atoms with E-state index in [1.54, 1.807) is 0 Å². The van der Waals surface area contributed by atoms with E-state index in [1.807, 2.05) is 11.8 Å². The summed E-state index contributed by atoms with van der Waals surface area (Å²) < 4.78 is 0. The number of nitrogens with zero attached hydrogens (tertiary/aromatic N) is 2. The zero-order valence-electron chi connectivity index (χ0n) is 8.83. The maximum absolute atomic E-state index is 11.4. The van der Waals surface area contributed by atoms with Gasteiger partial charge in [0.25, 0.3) is 0 Å². The highest BCUT2D eigenvalue weighted by Gasteiger charge is 2.19. The Bertz CT molecular complexity index is 178.